The number of nitrogens with zero attached hydrogens (tertiary/aromatic N) is 1. The van der Waals surface area contributed by atoms with Gasteiger partial charge in [-0.2, -0.15) is 13.2 Å². The molecule has 0 fully saturated rings. The van der Waals surface area contributed by atoms with Gasteiger partial charge in [0.2, 0.25) is 0 Å². The number of alkyl halides is 3. The molecule has 0 aromatic carbocycles. The van der Waals surface area contributed by atoms with Gasteiger partial charge in [-0.25, -0.2) is 4.98 Å². The van der Waals surface area contributed by atoms with E-state index in [9.17, 15) is 13.2 Å². The van der Waals surface area contributed by atoms with E-state index in [1.54, 1.807) is 6.92 Å². The predicted molar refractivity (Wildman–Crippen MR) is 74.4 cm³/mol. The molecule has 0 aliphatic heterocycles. The van der Waals surface area contributed by atoms with Crippen LogP contribution in [-0.2, 0) is 10.9 Å². The fourth-order valence-electron chi connectivity index (χ4n) is 1.80. The highest BCUT2D eigenvalue weighted by Crippen LogP contribution is 2.32. The standard InChI is InChI=1S/C13H20F3N3O2/c1-3-17-11-6-9(13(14,15)16)7-12(19-11)18-10(4-5-20)8-21-2/h6-7,10,20H,3-5,8H2,1-2H3,(H2,17,18,19). The first-order chi connectivity index (χ1) is 9.90. The van der Waals surface area contributed by atoms with Crippen LogP contribution in [0, 0.1) is 0 Å². The normalized spacial score (nSPS) is 13.0. The average molecular weight is 307 g/mol. The van der Waals surface area contributed by atoms with Crippen molar-refractivity contribution in [2.24, 2.45) is 0 Å². The van der Waals surface area contributed by atoms with Gasteiger partial charge < -0.3 is 20.5 Å². The molecule has 120 valence electrons. The number of halogens is 3. The lowest BCUT2D eigenvalue weighted by atomic mass is 10.2. The zero-order chi connectivity index (χ0) is 15.9. The number of methoxy groups -OCH3 is 1. The molecule has 0 bridgehead atoms. The maximum absolute atomic E-state index is 12.9. The van der Waals surface area contributed by atoms with Gasteiger partial charge in [-0.05, 0) is 25.5 Å². The van der Waals surface area contributed by atoms with Crippen LogP contribution in [0.4, 0.5) is 24.8 Å². The van der Waals surface area contributed by atoms with Crippen LogP contribution >= 0.6 is 0 Å². The Hall–Kier alpha value is -1.54. The summed E-state index contributed by atoms with van der Waals surface area (Å²) in [5, 5.41) is 14.6. The molecule has 0 spiro atoms. The Morgan fingerprint density at radius 1 is 1.33 bits per heavy atom. The third-order valence-electron chi connectivity index (χ3n) is 2.71. The molecule has 0 saturated carbocycles. The van der Waals surface area contributed by atoms with Gasteiger partial charge in [0.05, 0.1) is 18.2 Å². The van der Waals surface area contributed by atoms with Gasteiger partial charge in [0.15, 0.2) is 0 Å². The summed E-state index contributed by atoms with van der Waals surface area (Å²) in [6.45, 7) is 2.40. The SMILES string of the molecule is CCNc1cc(C(F)(F)F)cc(NC(CCO)COC)n1. The van der Waals surface area contributed by atoms with Crippen LogP contribution in [0.15, 0.2) is 12.1 Å². The van der Waals surface area contributed by atoms with Crippen molar-refractivity contribution in [2.45, 2.75) is 25.6 Å². The lowest BCUT2D eigenvalue weighted by molar-refractivity contribution is -0.137. The second-order valence-corrected chi connectivity index (χ2v) is 4.46. The van der Waals surface area contributed by atoms with Crippen molar-refractivity contribution < 1.29 is 23.0 Å². The van der Waals surface area contributed by atoms with E-state index in [4.69, 9.17) is 9.84 Å². The highest BCUT2D eigenvalue weighted by Gasteiger charge is 2.31. The van der Waals surface area contributed by atoms with Gasteiger partial charge in [0, 0.05) is 20.3 Å². The van der Waals surface area contributed by atoms with E-state index in [2.05, 4.69) is 15.6 Å². The first-order valence-electron chi connectivity index (χ1n) is 6.60. The maximum atomic E-state index is 12.9. The zero-order valence-corrected chi connectivity index (χ0v) is 12.0. The largest absolute Gasteiger partial charge is 0.416 e. The predicted octanol–water partition coefficient (Wildman–Crippen LogP) is 2.34. The highest BCUT2D eigenvalue weighted by atomic mass is 19.4. The van der Waals surface area contributed by atoms with E-state index in [1.165, 1.54) is 7.11 Å². The Morgan fingerprint density at radius 2 is 2.00 bits per heavy atom. The smallest absolute Gasteiger partial charge is 0.396 e. The zero-order valence-electron chi connectivity index (χ0n) is 12.0. The van der Waals surface area contributed by atoms with Crippen LogP contribution in [0.5, 0.6) is 0 Å². The summed E-state index contributed by atoms with van der Waals surface area (Å²) in [5.74, 6) is 0.242. The van der Waals surface area contributed by atoms with E-state index in [0.717, 1.165) is 12.1 Å². The molecule has 5 nitrogen and oxygen atoms in total. The minimum atomic E-state index is -4.45. The van der Waals surface area contributed by atoms with E-state index in [-0.39, 0.29) is 30.9 Å². The molecular formula is C13H20F3N3O2. The monoisotopic (exact) mass is 307 g/mol. The second kappa shape index (κ2) is 8.04. The van der Waals surface area contributed by atoms with Crippen molar-refractivity contribution in [3.63, 3.8) is 0 Å². The molecule has 1 atom stereocenters. The number of pyridine rings is 1. The number of aliphatic hydroxyl groups is 1. The number of nitrogens with one attached hydrogen (secondary N) is 2. The molecule has 0 saturated heterocycles. The Labute approximate surface area is 121 Å². The maximum Gasteiger partial charge on any atom is 0.416 e. The fourth-order valence-corrected chi connectivity index (χ4v) is 1.80. The second-order valence-electron chi connectivity index (χ2n) is 4.46. The van der Waals surface area contributed by atoms with Crippen LogP contribution in [-0.4, -0.2) is 43.0 Å². The van der Waals surface area contributed by atoms with Crippen molar-refractivity contribution in [1.82, 2.24) is 4.98 Å². The number of aliphatic hydroxyl groups excluding tert-OH is 1. The van der Waals surface area contributed by atoms with Gasteiger partial charge in [-0.1, -0.05) is 0 Å². The van der Waals surface area contributed by atoms with Crippen LogP contribution < -0.4 is 10.6 Å². The van der Waals surface area contributed by atoms with Crippen molar-refractivity contribution in [2.75, 3.05) is 37.5 Å². The Bertz CT molecular complexity index is 435. The number of ether oxygens (including phenoxy) is 1. The molecule has 8 heteroatoms. The van der Waals surface area contributed by atoms with E-state index in [1.807, 2.05) is 0 Å². The first kappa shape index (κ1) is 17.5. The quantitative estimate of drug-likeness (QED) is 0.688. The molecule has 3 N–H and O–H groups in total. The molecule has 1 aromatic heterocycles. The fraction of sp³-hybridized carbons (Fsp3) is 0.615. The molecular weight excluding hydrogens is 287 g/mol. The number of rotatable bonds is 8. The molecule has 1 aromatic rings. The highest BCUT2D eigenvalue weighted by molar-refractivity contribution is 5.50. The summed E-state index contributed by atoms with van der Waals surface area (Å²) in [5.41, 5.74) is -0.781. The minimum Gasteiger partial charge on any atom is -0.396 e. The molecule has 1 heterocycles. The summed E-state index contributed by atoms with van der Waals surface area (Å²) in [7, 11) is 1.48. The van der Waals surface area contributed by atoms with Crippen molar-refractivity contribution in [3.05, 3.63) is 17.7 Å². The summed E-state index contributed by atoms with van der Waals surface area (Å²) < 4.78 is 43.6. The Balaban J connectivity index is 3.01. The van der Waals surface area contributed by atoms with Gasteiger partial charge in [-0.15, -0.1) is 0 Å². The molecule has 0 aliphatic rings. The summed E-state index contributed by atoms with van der Waals surface area (Å²) in [6, 6.07) is 1.60. The van der Waals surface area contributed by atoms with E-state index < -0.39 is 11.7 Å². The van der Waals surface area contributed by atoms with Gasteiger partial charge in [-0.3, -0.25) is 0 Å². The van der Waals surface area contributed by atoms with E-state index >= 15 is 0 Å². The van der Waals surface area contributed by atoms with Crippen LogP contribution in [0.25, 0.3) is 0 Å². The molecule has 0 radical (unpaired) electrons. The number of aromatic nitrogens is 1. The molecule has 1 rings (SSSR count). The summed E-state index contributed by atoms with van der Waals surface area (Å²) in [6.07, 6.45) is -4.10. The lowest BCUT2D eigenvalue weighted by Crippen LogP contribution is -2.27. The summed E-state index contributed by atoms with van der Waals surface area (Å²) in [4.78, 5) is 4.08. The Morgan fingerprint density at radius 3 is 2.52 bits per heavy atom. The first-order valence-corrected chi connectivity index (χ1v) is 6.60. The minimum absolute atomic E-state index is 0.0938. The lowest BCUT2D eigenvalue weighted by Gasteiger charge is -2.19. The number of hydrogen-bond acceptors (Lipinski definition) is 5. The topological polar surface area (TPSA) is 66.4 Å². The van der Waals surface area contributed by atoms with Crippen molar-refractivity contribution in [1.29, 1.82) is 0 Å². The third kappa shape index (κ3) is 5.76. The number of hydrogen-bond donors (Lipinski definition) is 3. The van der Waals surface area contributed by atoms with Gasteiger partial charge >= 0.3 is 6.18 Å². The van der Waals surface area contributed by atoms with Crippen LogP contribution in [0.2, 0.25) is 0 Å². The molecule has 0 aliphatic carbocycles. The van der Waals surface area contributed by atoms with Gasteiger partial charge in [0.25, 0.3) is 0 Å². The Kier molecular flexibility index (Phi) is 6.70. The molecule has 1 unspecified atom stereocenters. The van der Waals surface area contributed by atoms with Crippen LogP contribution in [0.3, 0.4) is 0 Å². The number of anilines is 2. The van der Waals surface area contributed by atoms with Gasteiger partial charge in [0.1, 0.15) is 11.6 Å². The van der Waals surface area contributed by atoms with E-state index in [0.29, 0.717) is 13.0 Å². The average Bonchev–Trinajstić information content (AvgIpc) is 2.38. The van der Waals surface area contributed by atoms with Crippen molar-refractivity contribution >= 4 is 11.6 Å². The van der Waals surface area contributed by atoms with Crippen molar-refractivity contribution in [3.8, 4) is 0 Å². The summed E-state index contributed by atoms with van der Waals surface area (Å²) >= 11 is 0. The molecule has 21 heavy (non-hydrogen) atoms. The third-order valence-corrected chi connectivity index (χ3v) is 2.71. The van der Waals surface area contributed by atoms with Crippen LogP contribution in [0.1, 0.15) is 18.9 Å². The molecule has 0 amide bonds.